The fourth-order valence-corrected chi connectivity index (χ4v) is 1.75. The van der Waals surface area contributed by atoms with E-state index in [1.54, 1.807) is 0 Å². The number of nitrogens with one attached hydrogen (secondary N) is 1. The average Bonchev–Trinajstić information content (AvgIpc) is 2.94. The number of carbonyl (C=O) groups excluding carboxylic acids is 1. The van der Waals surface area contributed by atoms with Gasteiger partial charge in [-0.1, -0.05) is 18.2 Å². The highest BCUT2D eigenvalue weighted by atomic mass is 16.7. The summed E-state index contributed by atoms with van der Waals surface area (Å²) in [6.45, 7) is 0.648. The van der Waals surface area contributed by atoms with Crippen molar-refractivity contribution in [3.05, 3.63) is 29.8 Å². The van der Waals surface area contributed by atoms with Gasteiger partial charge in [0.2, 0.25) is 6.79 Å². The van der Waals surface area contributed by atoms with E-state index in [1.807, 2.05) is 30.4 Å². The van der Waals surface area contributed by atoms with Gasteiger partial charge in [0.1, 0.15) is 6.61 Å². The predicted molar refractivity (Wildman–Crippen MR) is 59.9 cm³/mol. The minimum Gasteiger partial charge on any atom is -0.454 e. The number of carbonyl (C=O) groups is 1. The third-order valence-corrected chi connectivity index (χ3v) is 2.61. The van der Waals surface area contributed by atoms with Crippen LogP contribution in [-0.2, 0) is 4.74 Å². The Labute approximate surface area is 98.0 Å². The second-order valence-electron chi connectivity index (χ2n) is 3.82. The molecule has 0 spiro atoms. The summed E-state index contributed by atoms with van der Waals surface area (Å²) in [6, 6.07) is 5.64. The molecule has 0 saturated carbocycles. The van der Waals surface area contributed by atoms with Crippen molar-refractivity contribution in [1.82, 2.24) is 5.32 Å². The second kappa shape index (κ2) is 4.01. The SMILES string of the molecule is O=C1N[C@H](/C=C\c2ccc3c(c2)OCO3)CO1. The summed E-state index contributed by atoms with van der Waals surface area (Å²) in [5.41, 5.74) is 0.996. The summed E-state index contributed by atoms with van der Waals surface area (Å²) >= 11 is 0. The van der Waals surface area contributed by atoms with Gasteiger partial charge in [0.05, 0.1) is 6.04 Å². The fraction of sp³-hybridized carbons (Fsp3) is 0.250. The summed E-state index contributed by atoms with van der Waals surface area (Å²) in [6.07, 6.45) is 3.44. The van der Waals surface area contributed by atoms with Gasteiger partial charge in [-0.3, -0.25) is 0 Å². The molecule has 1 saturated heterocycles. The quantitative estimate of drug-likeness (QED) is 0.841. The van der Waals surface area contributed by atoms with E-state index in [0.717, 1.165) is 17.1 Å². The maximum atomic E-state index is 10.8. The van der Waals surface area contributed by atoms with Crippen LogP contribution in [-0.4, -0.2) is 25.5 Å². The van der Waals surface area contributed by atoms with Gasteiger partial charge >= 0.3 is 6.09 Å². The van der Waals surface area contributed by atoms with Gasteiger partial charge in [-0.25, -0.2) is 4.79 Å². The van der Waals surface area contributed by atoms with Crippen molar-refractivity contribution in [2.24, 2.45) is 0 Å². The topological polar surface area (TPSA) is 56.8 Å². The molecule has 1 amide bonds. The first kappa shape index (κ1) is 10.0. The molecule has 0 aromatic heterocycles. The second-order valence-corrected chi connectivity index (χ2v) is 3.82. The van der Waals surface area contributed by atoms with Gasteiger partial charge in [0, 0.05) is 0 Å². The van der Waals surface area contributed by atoms with E-state index in [-0.39, 0.29) is 18.9 Å². The molecule has 1 aromatic rings. The largest absolute Gasteiger partial charge is 0.454 e. The van der Waals surface area contributed by atoms with E-state index in [2.05, 4.69) is 5.32 Å². The summed E-state index contributed by atoms with van der Waals surface area (Å²) in [5, 5.41) is 2.67. The Morgan fingerprint density at radius 3 is 2.94 bits per heavy atom. The molecule has 0 aliphatic carbocycles. The Balaban J connectivity index is 1.72. The zero-order valence-electron chi connectivity index (χ0n) is 9.01. The standard InChI is InChI=1S/C12H11NO4/c14-12-13-9(6-15-12)3-1-8-2-4-10-11(5-8)17-7-16-10/h1-5,9H,6-7H2,(H,13,14)/b3-1-/t9-/m1/s1. The van der Waals surface area contributed by atoms with Crippen LogP contribution in [0.2, 0.25) is 0 Å². The first-order valence-corrected chi connectivity index (χ1v) is 5.32. The van der Waals surface area contributed by atoms with Gasteiger partial charge in [0.25, 0.3) is 0 Å². The van der Waals surface area contributed by atoms with Gasteiger partial charge in [-0.15, -0.1) is 0 Å². The number of alkyl carbamates (subject to hydrolysis) is 1. The van der Waals surface area contributed by atoms with E-state index in [1.165, 1.54) is 0 Å². The summed E-state index contributed by atoms with van der Waals surface area (Å²) < 4.78 is 15.3. The van der Waals surface area contributed by atoms with E-state index in [4.69, 9.17) is 14.2 Å². The maximum absolute atomic E-state index is 10.8. The van der Waals surface area contributed by atoms with Crippen molar-refractivity contribution in [2.45, 2.75) is 6.04 Å². The van der Waals surface area contributed by atoms with Crippen molar-refractivity contribution < 1.29 is 19.0 Å². The van der Waals surface area contributed by atoms with Crippen molar-refractivity contribution in [1.29, 1.82) is 0 Å². The van der Waals surface area contributed by atoms with E-state index < -0.39 is 0 Å². The minimum absolute atomic E-state index is 0.0621. The molecule has 0 bridgehead atoms. The van der Waals surface area contributed by atoms with Crippen LogP contribution < -0.4 is 14.8 Å². The third kappa shape index (κ3) is 2.04. The molecule has 17 heavy (non-hydrogen) atoms. The van der Waals surface area contributed by atoms with E-state index in [9.17, 15) is 4.79 Å². The maximum Gasteiger partial charge on any atom is 0.407 e. The van der Waals surface area contributed by atoms with Crippen molar-refractivity contribution >= 4 is 12.2 Å². The summed E-state index contributed by atoms with van der Waals surface area (Å²) in [7, 11) is 0. The zero-order valence-corrected chi connectivity index (χ0v) is 9.01. The van der Waals surface area contributed by atoms with Crippen LogP contribution in [0.4, 0.5) is 4.79 Å². The molecule has 3 rings (SSSR count). The highest BCUT2D eigenvalue weighted by Gasteiger charge is 2.19. The molecule has 88 valence electrons. The molecule has 2 heterocycles. The number of fused-ring (bicyclic) bond motifs is 1. The minimum atomic E-state index is -0.370. The van der Waals surface area contributed by atoms with Crippen LogP contribution in [0.5, 0.6) is 11.5 Å². The lowest BCUT2D eigenvalue weighted by atomic mass is 10.1. The Hall–Kier alpha value is -2.17. The lowest BCUT2D eigenvalue weighted by Crippen LogP contribution is -2.23. The lowest BCUT2D eigenvalue weighted by Gasteiger charge is -2.00. The highest BCUT2D eigenvalue weighted by molar-refractivity contribution is 5.70. The van der Waals surface area contributed by atoms with Gasteiger partial charge in [-0.2, -0.15) is 0 Å². The van der Waals surface area contributed by atoms with Crippen LogP contribution in [0.15, 0.2) is 24.3 Å². The zero-order chi connectivity index (χ0) is 11.7. The molecule has 2 aliphatic rings. The number of cyclic esters (lactones) is 1. The van der Waals surface area contributed by atoms with Crippen LogP contribution >= 0.6 is 0 Å². The fourth-order valence-electron chi connectivity index (χ4n) is 1.75. The average molecular weight is 233 g/mol. The molecular formula is C12H11NO4. The first-order valence-electron chi connectivity index (χ1n) is 5.32. The first-order chi connectivity index (χ1) is 8.31. The van der Waals surface area contributed by atoms with E-state index >= 15 is 0 Å². The van der Waals surface area contributed by atoms with Crippen LogP contribution in [0, 0.1) is 0 Å². The molecule has 0 radical (unpaired) electrons. The Morgan fingerprint density at radius 2 is 2.12 bits per heavy atom. The molecular weight excluding hydrogens is 222 g/mol. The van der Waals surface area contributed by atoms with Crippen molar-refractivity contribution in [3.63, 3.8) is 0 Å². The lowest BCUT2D eigenvalue weighted by molar-refractivity contribution is 0.174. The molecule has 5 heteroatoms. The van der Waals surface area contributed by atoms with Gasteiger partial charge < -0.3 is 19.5 Å². The Morgan fingerprint density at radius 1 is 1.24 bits per heavy atom. The van der Waals surface area contributed by atoms with E-state index in [0.29, 0.717) is 6.61 Å². The molecule has 1 fully saturated rings. The molecule has 2 aliphatic heterocycles. The monoisotopic (exact) mass is 233 g/mol. The molecule has 1 aromatic carbocycles. The number of hydrogen-bond acceptors (Lipinski definition) is 4. The number of benzene rings is 1. The molecule has 0 unspecified atom stereocenters. The summed E-state index contributed by atoms with van der Waals surface area (Å²) in [5.74, 6) is 1.51. The van der Waals surface area contributed by atoms with Gasteiger partial charge in [0.15, 0.2) is 11.5 Å². The number of rotatable bonds is 2. The smallest absolute Gasteiger partial charge is 0.407 e. The molecule has 1 atom stereocenters. The van der Waals surface area contributed by atoms with Crippen LogP contribution in [0.3, 0.4) is 0 Å². The number of amides is 1. The van der Waals surface area contributed by atoms with Gasteiger partial charge in [-0.05, 0) is 17.7 Å². The Bertz CT molecular complexity index is 483. The normalized spacial score (nSPS) is 21.6. The van der Waals surface area contributed by atoms with Crippen molar-refractivity contribution in [3.8, 4) is 11.5 Å². The number of hydrogen-bond donors (Lipinski definition) is 1. The molecule has 5 nitrogen and oxygen atoms in total. The highest BCUT2D eigenvalue weighted by Crippen LogP contribution is 2.32. The predicted octanol–water partition coefficient (Wildman–Crippen LogP) is 1.54. The van der Waals surface area contributed by atoms with Crippen LogP contribution in [0.25, 0.3) is 6.08 Å². The summed E-state index contributed by atoms with van der Waals surface area (Å²) in [4.78, 5) is 10.8. The van der Waals surface area contributed by atoms with Crippen LogP contribution in [0.1, 0.15) is 5.56 Å². The Kier molecular flexibility index (Phi) is 2.36. The molecule has 1 N–H and O–H groups in total. The third-order valence-electron chi connectivity index (χ3n) is 2.61. The van der Waals surface area contributed by atoms with Crippen molar-refractivity contribution in [2.75, 3.05) is 13.4 Å². The number of ether oxygens (including phenoxy) is 3.